The minimum atomic E-state index is -0.374. The molecule has 0 bridgehead atoms. The van der Waals surface area contributed by atoms with E-state index in [1.807, 2.05) is 18.4 Å². The Bertz CT molecular complexity index is 1440. The molecule has 1 aromatic carbocycles. The number of aliphatic imine (C=N–C) groups is 2. The molecular weight excluding hydrogens is 526 g/mol. The first-order chi connectivity index (χ1) is 19.6. The van der Waals surface area contributed by atoms with E-state index in [1.165, 1.54) is 0 Å². The Morgan fingerprint density at radius 3 is 2.07 bits per heavy atom. The van der Waals surface area contributed by atoms with Crippen LogP contribution in [0, 0.1) is 5.92 Å². The number of hydrogen-bond acceptors (Lipinski definition) is 5. The van der Waals surface area contributed by atoms with Crippen molar-refractivity contribution in [1.82, 2.24) is 30.8 Å². The van der Waals surface area contributed by atoms with Gasteiger partial charge in [-0.1, -0.05) is 13.8 Å². The Kier molecular flexibility index (Phi) is 10.7. The molecule has 0 aliphatic heterocycles. The monoisotopic (exact) mass is 565 g/mol. The highest BCUT2D eigenvalue weighted by atomic mass is 16.2. The van der Waals surface area contributed by atoms with Gasteiger partial charge in [-0.15, -0.1) is 0 Å². The Labute approximate surface area is 238 Å². The molecule has 0 saturated carbocycles. The summed E-state index contributed by atoms with van der Waals surface area (Å²) in [6, 6.07) is 8.46. The number of aromatic nitrogens is 2. The van der Waals surface area contributed by atoms with E-state index in [-0.39, 0.29) is 23.6 Å². The van der Waals surface area contributed by atoms with E-state index in [4.69, 9.17) is 11.5 Å². The van der Waals surface area contributed by atoms with Crippen molar-refractivity contribution >= 4 is 46.2 Å². The molecule has 3 rings (SSSR count). The largest absolute Gasteiger partial charge is 0.370 e. The van der Waals surface area contributed by atoms with Gasteiger partial charge in [0.15, 0.2) is 11.9 Å². The maximum atomic E-state index is 13.1. The molecule has 41 heavy (non-hydrogen) atoms. The van der Waals surface area contributed by atoms with Crippen LogP contribution in [0.15, 0.2) is 46.5 Å². The van der Waals surface area contributed by atoms with Gasteiger partial charge in [-0.05, 0) is 36.2 Å². The average molecular weight is 566 g/mol. The number of nitrogens with one attached hydrogen (secondary N) is 6. The van der Waals surface area contributed by atoms with Crippen LogP contribution >= 0.6 is 0 Å². The summed E-state index contributed by atoms with van der Waals surface area (Å²) in [6.07, 6.45) is 1.74. The zero-order valence-corrected chi connectivity index (χ0v) is 23.8. The number of amides is 3. The van der Waals surface area contributed by atoms with Crippen molar-refractivity contribution in [3.05, 3.63) is 53.5 Å². The molecule has 10 N–H and O–H groups in total. The maximum absolute atomic E-state index is 13.1. The van der Waals surface area contributed by atoms with Gasteiger partial charge in [-0.25, -0.2) is 0 Å². The highest BCUT2D eigenvalue weighted by Crippen LogP contribution is 2.20. The fourth-order valence-electron chi connectivity index (χ4n) is 3.99. The van der Waals surface area contributed by atoms with Crippen LogP contribution in [0.25, 0.3) is 10.9 Å². The first-order valence-electron chi connectivity index (χ1n) is 13.2. The molecule has 2 heterocycles. The lowest BCUT2D eigenvalue weighted by atomic mass is 10.1. The average Bonchev–Trinajstić information content (AvgIpc) is 3.55. The van der Waals surface area contributed by atoms with Gasteiger partial charge in [0.05, 0.1) is 5.69 Å². The summed E-state index contributed by atoms with van der Waals surface area (Å²) < 4.78 is 1.82. The summed E-state index contributed by atoms with van der Waals surface area (Å²) in [7, 11) is 3.15. The molecule has 0 aliphatic carbocycles. The summed E-state index contributed by atoms with van der Waals surface area (Å²) in [4.78, 5) is 49.2. The molecule has 0 unspecified atom stereocenters. The van der Waals surface area contributed by atoms with Gasteiger partial charge in [0.25, 0.3) is 17.7 Å². The Morgan fingerprint density at radius 1 is 0.854 bits per heavy atom. The number of guanidine groups is 2. The third-order valence-corrected chi connectivity index (χ3v) is 5.99. The Hall–Kier alpha value is -5.01. The number of rotatable bonds is 12. The van der Waals surface area contributed by atoms with E-state index in [1.54, 1.807) is 50.6 Å². The minimum Gasteiger partial charge on any atom is -0.370 e. The lowest BCUT2D eigenvalue weighted by molar-refractivity contribution is 0.0939. The van der Waals surface area contributed by atoms with Crippen LogP contribution in [0.3, 0.4) is 0 Å². The highest BCUT2D eigenvalue weighted by Gasteiger charge is 2.18. The second kappa shape index (κ2) is 14.4. The Balaban J connectivity index is 1.67. The molecular formula is C27H39N11O3. The number of nitrogens with two attached hydrogens (primary N) is 2. The van der Waals surface area contributed by atoms with E-state index in [9.17, 15) is 14.4 Å². The highest BCUT2D eigenvalue weighted by molar-refractivity contribution is 6.07. The summed E-state index contributed by atoms with van der Waals surface area (Å²) >= 11 is 0. The zero-order valence-electron chi connectivity index (χ0n) is 23.8. The van der Waals surface area contributed by atoms with E-state index >= 15 is 0 Å². The second-order valence-corrected chi connectivity index (χ2v) is 9.68. The standard InChI is InChI=1S/C27H39N11O3/c1-16(2)14-38-15-19(13-22(38)25(41)33-8-10-35-27(29)31-4)36-24(40)21-12-18-11-17(5-6-20(18)37-21)23(39)32-7-9-34-26(28)30-3/h5-6,11-13,15-16,37H,7-10,14H2,1-4H3,(H,32,39)(H,33,41)(H,36,40)(H3,28,30,34)(H3,29,31,35). The molecule has 14 nitrogen and oxygen atoms in total. The van der Waals surface area contributed by atoms with E-state index in [0.717, 1.165) is 0 Å². The Morgan fingerprint density at radius 2 is 1.46 bits per heavy atom. The lowest BCUT2D eigenvalue weighted by Crippen LogP contribution is -2.38. The third kappa shape index (κ3) is 8.74. The minimum absolute atomic E-state index is 0.247. The van der Waals surface area contributed by atoms with Crippen molar-refractivity contribution in [2.75, 3.05) is 45.6 Å². The lowest BCUT2D eigenvalue weighted by Gasteiger charge is -2.12. The molecule has 3 aromatic rings. The van der Waals surface area contributed by atoms with Crippen LogP contribution < -0.4 is 38.1 Å². The number of hydrogen-bond donors (Lipinski definition) is 8. The summed E-state index contributed by atoms with van der Waals surface area (Å²) in [5, 5.41) is 15.0. The van der Waals surface area contributed by atoms with Gasteiger partial charge in [0.1, 0.15) is 11.4 Å². The fraction of sp³-hybridized carbons (Fsp3) is 0.370. The van der Waals surface area contributed by atoms with Gasteiger partial charge in [-0.2, -0.15) is 0 Å². The first kappa shape index (κ1) is 30.5. The molecule has 0 spiro atoms. The van der Waals surface area contributed by atoms with Crippen LogP contribution in [-0.4, -0.2) is 79.5 Å². The molecule has 220 valence electrons. The summed E-state index contributed by atoms with van der Waals surface area (Å²) in [5.41, 5.74) is 13.6. The van der Waals surface area contributed by atoms with Crippen molar-refractivity contribution in [1.29, 1.82) is 0 Å². The van der Waals surface area contributed by atoms with Gasteiger partial charge < -0.3 is 47.6 Å². The third-order valence-electron chi connectivity index (χ3n) is 5.99. The van der Waals surface area contributed by atoms with E-state index in [0.29, 0.717) is 78.2 Å². The summed E-state index contributed by atoms with van der Waals surface area (Å²) in [6.45, 7) is 6.26. The number of fused-ring (bicyclic) bond motifs is 1. The number of aromatic amines is 1. The van der Waals surface area contributed by atoms with Crippen molar-refractivity contribution in [3.8, 4) is 0 Å². The van der Waals surface area contributed by atoms with Crippen molar-refractivity contribution < 1.29 is 14.4 Å². The molecule has 3 amide bonds. The molecule has 0 radical (unpaired) electrons. The number of carbonyl (C=O) groups is 3. The topological polar surface area (TPSA) is 209 Å². The van der Waals surface area contributed by atoms with Gasteiger partial charge >= 0.3 is 0 Å². The fourth-order valence-corrected chi connectivity index (χ4v) is 3.99. The predicted octanol–water partition coefficient (Wildman–Crippen LogP) is 0.406. The van der Waals surface area contributed by atoms with Gasteiger partial charge in [0, 0.05) is 69.5 Å². The SMILES string of the molecule is CN=C(N)NCCNC(=O)c1ccc2[nH]c(C(=O)Nc3cc(C(=O)NCCNC(N)=NC)n(CC(C)C)c3)cc2c1. The zero-order chi connectivity index (χ0) is 29.9. The number of nitrogens with zero attached hydrogens (tertiary/aromatic N) is 3. The van der Waals surface area contributed by atoms with Crippen molar-refractivity contribution in [2.24, 2.45) is 27.4 Å². The van der Waals surface area contributed by atoms with Crippen LogP contribution in [0.2, 0.25) is 0 Å². The maximum Gasteiger partial charge on any atom is 0.272 e. The number of anilines is 1. The van der Waals surface area contributed by atoms with Crippen molar-refractivity contribution in [2.45, 2.75) is 20.4 Å². The molecule has 0 fully saturated rings. The van der Waals surface area contributed by atoms with Crippen LogP contribution in [0.5, 0.6) is 0 Å². The van der Waals surface area contributed by atoms with Crippen molar-refractivity contribution in [3.63, 3.8) is 0 Å². The van der Waals surface area contributed by atoms with Gasteiger partial charge in [-0.3, -0.25) is 24.4 Å². The number of benzene rings is 1. The van der Waals surface area contributed by atoms with Gasteiger partial charge in [0.2, 0.25) is 0 Å². The normalized spacial score (nSPS) is 11.9. The predicted molar refractivity (Wildman–Crippen MR) is 161 cm³/mol. The number of H-pyrrole nitrogens is 1. The molecule has 0 saturated heterocycles. The van der Waals surface area contributed by atoms with E-state index in [2.05, 4.69) is 41.6 Å². The quantitative estimate of drug-likeness (QED) is 0.0880. The van der Waals surface area contributed by atoms with Crippen LogP contribution in [0.1, 0.15) is 45.2 Å². The van der Waals surface area contributed by atoms with Crippen LogP contribution in [-0.2, 0) is 6.54 Å². The molecule has 14 heteroatoms. The second-order valence-electron chi connectivity index (χ2n) is 9.68. The first-order valence-corrected chi connectivity index (χ1v) is 13.2. The molecule has 2 aromatic heterocycles. The smallest absolute Gasteiger partial charge is 0.272 e. The molecule has 0 aliphatic rings. The number of carbonyl (C=O) groups excluding carboxylic acids is 3. The summed E-state index contributed by atoms with van der Waals surface area (Å²) in [5.74, 6) is -0.0230. The van der Waals surface area contributed by atoms with E-state index < -0.39 is 0 Å². The molecule has 0 atom stereocenters. The van der Waals surface area contributed by atoms with Crippen LogP contribution in [0.4, 0.5) is 5.69 Å².